The summed E-state index contributed by atoms with van der Waals surface area (Å²) in [5.74, 6) is -1.75. The van der Waals surface area contributed by atoms with Gasteiger partial charge in [-0.3, -0.25) is 0 Å². The minimum absolute atomic E-state index is 0.210. The fraction of sp³-hybridized carbons (Fsp3) is 0.176. The Balaban J connectivity index is 1.83. The summed E-state index contributed by atoms with van der Waals surface area (Å²) in [6, 6.07) is 11.3. The number of halogens is 2. The van der Waals surface area contributed by atoms with Crippen molar-refractivity contribution in [1.29, 1.82) is 5.26 Å². The molecule has 0 aliphatic rings. The number of nitriles is 1. The van der Waals surface area contributed by atoms with Crippen LogP contribution in [0.4, 0.5) is 13.6 Å². The van der Waals surface area contributed by atoms with Gasteiger partial charge in [0.25, 0.3) is 0 Å². The van der Waals surface area contributed by atoms with Gasteiger partial charge in [0.05, 0.1) is 17.2 Å². The first kappa shape index (κ1) is 17.4. The molecule has 0 radical (unpaired) electrons. The molecule has 24 heavy (non-hydrogen) atoms. The molecule has 3 N–H and O–H groups in total. The molecule has 0 aliphatic heterocycles. The smallest absolute Gasteiger partial charge is 0.315 e. The van der Waals surface area contributed by atoms with E-state index in [4.69, 9.17) is 5.26 Å². The Morgan fingerprint density at radius 2 is 1.75 bits per heavy atom. The minimum atomic E-state index is -1.49. The summed E-state index contributed by atoms with van der Waals surface area (Å²) < 4.78 is 27.0. The van der Waals surface area contributed by atoms with E-state index in [-0.39, 0.29) is 13.1 Å². The number of carbonyl (C=O) groups excluding carboxylic acids is 1. The molecule has 0 bridgehead atoms. The molecule has 0 fully saturated rings. The van der Waals surface area contributed by atoms with Crippen molar-refractivity contribution < 1.29 is 18.7 Å². The molecule has 5 nitrogen and oxygen atoms in total. The lowest BCUT2D eigenvalue weighted by molar-refractivity contribution is 0.164. The summed E-state index contributed by atoms with van der Waals surface area (Å²) in [4.78, 5) is 11.7. The zero-order chi connectivity index (χ0) is 17.5. The third kappa shape index (κ3) is 4.51. The van der Waals surface area contributed by atoms with Crippen molar-refractivity contribution in [2.75, 3.05) is 6.54 Å². The average Bonchev–Trinajstić information content (AvgIpc) is 2.58. The third-order valence-corrected chi connectivity index (χ3v) is 3.33. The highest BCUT2D eigenvalue weighted by molar-refractivity contribution is 5.73. The van der Waals surface area contributed by atoms with Gasteiger partial charge >= 0.3 is 6.03 Å². The molecule has 7 heteroatoms. The molecular formula is C17H15F2N3O2. The normalized spacial score (nSPS) is 11.4. The molecule has 1 atom stereocenters. The van der Waals surface area contributed by atoms with Crippen LogP contribution in [0.3, 0.4) is 0 Å². The number of hydrogen-bond acceptors (Lipinski definition) is 3. The second-order valence-corrected chi connectivity index (χ2v) is 5.02. The molecule has 2 amide bonds. The van der Waals surface area contributed by atoms with E-state index in [2.05, 4.69) is 10.6 Å². The maximum atomic E-state index is 13.5. The lowest BCUT2D eigenvalue weighted by atomic mass is 10.1. The first-order valence-electron chi connectivity index (χ1n) is 7.14. The van der Waals surface area contributed by atoms with Gasteiger partial charge in [0.15, 0.2) is 0 Å². The Hall–Kier alpha value is -2.98. The Morgan fingerprint density at radius 1 is 1.12 bits per heavy atom. The molecule has 0 spiro atoms. The molecule has 1 unspecified atom stereocenters. The molecule has 2 rings (SSSR count). The first-order chi connectivity index (χ1) is 11.5. The molecule has 124 valence electrons. The summed E-state index contributed by atoms with van der Waals surface area (Å²) in [5, 5.41) is 23.4. The van der Waals surface area contributed by atoms with Crippen molar-refractivity contribution in [3.05, 3.63) is 70.8 Å². The number of urea groups is 1. The number of aliphatic hydroxyl groups excluding tert-OH is 1. The van der Waals surface area contributed by atoms with E-state index in [0.717, 1.165) is 17.7 Å². The Morgan fingerprint density at radius 3 is 2.33 bits per heavy atom. The summed E-state index contributed by atoms with van der Waals surface area (Å²) in [6.45, 7) is -0.126. The number of carbonyl (C=O) groups is 1. The van der Waals surface area contributed by atoms with Gasteiger partial charge in [-0.15, -0.1) is 0 Å². The quantitative estimate of drug-likeness (QED) is 0.786. The predicted octanol–water partition coefficient (Wildman–Crippen LogP) is 2.37. The second-order valence-electron chi connectivity index (χ2n) is 5.02. The van der Waals surface area contributed by atoms with Gasteiger partial charge in [0.1, 0.15) is 17.7 Å². The van der Waals surface area contributed by atoms with Crippen molar-refractivity contribution in [3.63, 3.8) is 0 Å². The number of aliphatic hydroxyl groups is 1. The standard InChI is InChI=1S/C17H15F2N3O2/c18-13-2-1-3-14(19)16(13)15(23)10-22-17(24)21-9-12-6-4-11(8-20)5-7-12/h1-7,15,23H,9-10H2,(H2,21,22,24). The highest BCUT2D eigenvalue weighted by Gasteiger charge is 2.18. The van der Waals surface area contributed by atoms with Gasteiger partial charge in [-0.1, -0.05) is 18.2 Å². The number of benzene rings is 2. The monoisotopic (exact) mass is 331 g/mol. The second kappa shape index (κ2) is 8.04. The SMILES string of the molecule is N#Cc1ccc(CNC(=O)NCC(O)c2c(F)cccc2F)cc1. The van der Waals surface area contributed by atoms with E-state index >= 15 is 0 Å². The highest BCUT2D eigenvalue weighted by Crippen LogP contribution is 2.19. The van der Waals surface area contributed by atoms with Crippen molar-refractivity contribution in [2.24, 2.45) is 0 Å². The van der Waals surface area contributed by atoms with Crippen LogP contribution in [-0.4, -0.2) is 17.7 Å². The Labute approximate surface area is 137 Å². The third-order valence-electron chi connectivity index (χ3n) is 3.33. The van der Waals surface area contributed by atoms with Crippen LogP contribution >= 0.6 is 0 Å². The van der Waals surface area contributed by atoms with E-state index in [1.54, 1.807) is 24.3 Å². The highest BCUT2D eigenvalue weighted by atomic mass is 19.1. The van der Waals surface area contributed by atoms with Crippen molar-refractivity contribution in [2.45, 2.75) is 12.6 Å². The molecule has 0 heterocycles. The van der Waals surface area contributed by atoms with Crippen LogP contribution in [0.25, 0.3) is 0 Å². The van der Waals surface area contributed by atoms with Crippen LogP contribution in [0.15, 0.2) is 42.5 Å². The van der Waals surface area contributed by atoms with Crippen LogP contribution in [0.1, 0.15) is 22.8 Å². The summed E-state index contributed by atoms with van der Waals surface area (Å²) >= 11 is 0. The molecule has 0 aromatic heterocycles. The molecule has 0 saturated carbocycles. The van der Waals surface area contributed by atoms with E-state index < -0.39 is 29.3 Å². The van der Waals surface area contributed by atoms with Crippen molar-refractivity contribution in [1.82, 2.24) is 10.6 Å². The van der Waals surface area contributed by atoms with Crippen molar-refractivity contribution >= 4 is 6.03 Å². The van der Waals surface area contributed by atoms with Gasteiger partial charge in [-0.25, -0.2) is 13.6 Å². The van der Waals surface area contributed by atoms with Gasteiger partial charge in [-0.2, -0.15) is 5.26 Å². The maximum Gasteiger partial charge on any atom is 0.315 e. The molecule has 0 saturated heterocycles. The topological polar surface area (TPSA) is 85.2 Å². The van der Waals surface area contributed by atoms with Gasteiger partial charge < -0.3 is 15.7 Å². The lowest BCUT2D eigenvalue weighted by Gasteiger charge is -2.14. The van der Waals surface area contributed by atoms with E-state index in [9.17, 15) is 18.7 Å². The van der Waals surface area contributed by atoms with Crippen LogP contribution in [0, 0.1) is 23.0 Å². The number of hydrogen-bond donors (Lipinski definition) is 3. The molecule has 2 aromatic carbocycles. The zero-order valence-corrected chi connectivity index (χ0v) is 12.6. The van der Waals surface area contributed by atoms with Crippen molar-refractivity contribution in [3.8, 4) is 6.07 Å². The average molecular weight is 331 g/mol. The molecular weight excluding hydrogens is 316 g/mol. The molecule has 2 aromatic rings. The van der Waals surface area contributed by atoms with E-state index in [1.165, 1.54) is 6.07 Å². The van der Waals surface area contributed by atoms with Crippen LogP contribution in [-0.2, 0) is 6.54 Å². The van der Waals surface area contributed by atoms with Gasteiger partial charge in [0, 0.05) is 13.1 Å². The van der Waals surface area contributed by atoms with E-state index in [0.29, 0.717) is 5.56 Å². The Kier molecular flexibility index (Phi) is 5.82. The summed E-state index contributed by atoms with van der Waals surface area (Å²) in [6.07, 6.45) is -1.49. The fourth-order valence-electron chi connectivity index (χ4n) is 2.06. The number of nitrogens with zero attached hydrogens (tertiary/aromatic N) is 1. The minimum Gasteiger partial charge on any atom is -0.386 e. The number of amides is 2. The van der Waals surface area contributed by atoms with Crippen LogP contribution < -0.4 is 10.6 Å². The maximum absolute atomic E-state index is 13.5. The largest absolute Gasteiger partial charge is 0.386 e. The van der Waals surface area contributed by atoms with Crippen LogP contribution in [0.2, 0.25) is 0 Å². The summed E-state index contributed by atoms with van der Waals surface area (Å²) in [5.41, 5.74) is 0.813. The zero-order valence-electron chi connectivity index (χ0n) is 12.6. The molecule has 0 aliphatic carbocycles. The number of nitrogens with one attached hydrogen (secondary N) is 2. The number of rotatable bonds is 5. The summed E-state index contributed by atoms with van der Waals surface area (Å²) in [7, 11) is 0. The fourth-order valence-corrected chi connectivity index (χ4v) is 2.06. The van der Waals surface area contributed by atoms with Gasteiger partial charge in [-0.05, 0) is 29.8 Å². The van der Waals surface area contributed by atoms with Crippen LogP contribution in [0.5, 0.6) is 0 Å². The van der Waals surface area contributed by atoms with Gasteiger partial charge in [0.2, 0.25) is 0 Å². The predicted molar refractivity (Wildman–Crippen MR) is 82.7 cm³/mol. The lowest BCUT2D eigenvalue weighted by Crippen LogP contribution is -2.37. The Bertz CT molecular complexity index is 737. The van der Waals surface area contributed by atoms with E-state index in [1.807, 2.05) is 6.07 Å². The first-order valence-corrected chi connectivity index (χ1v) is 7.14.